The average Bonchev–Trinajstić information content (AvgIpc) is 3.33. The summed E-state index contributed by atoms with van der Waals surface area (Å²) in [6.45, 7) is 0. The van der Waals surface area contributed by atoms with Gasteiger partial charge in [-0.1, -0.05) is 18.2 Å². The predicted molar refractivity (Wildman–Crippen MR) is 89.6 cm³/mol. The number of rotatable bonds is 5. The number of amides is 1. The molecule has 6 heteroatoms. The average molecular weight is 341 g/mol. The lowest BCUT2D eigenvalue weighted by Gasteiger charge is -2.13. The van der Waals surface area contributed by atoms with Crippen LogP contribution >= 0.6 is 0 Å². The fourth-order valence-corrected chi connectivity index (χ4v) is 3.00. The summed E-state index contributed by atoms with van der Waals surface area (Å²) in [5.74, 6) is -1.02. The smallest absolute Gasteiger partial charge is 0.336 e. The van der Waals surface area contributed by atoms with Gasteiger partial charge in [-0.3, -0.25) is 9.59 Å². The molecule has 0 unspecified atom stereocenters. The van der Waals surface area contributed by atoms with Crippen LogP contribution in [-0.4, -0.2) is 32.1 Å². The Morgan fingerprint density at radius 1 is 1.04 bits per heavy atom. The van der Waals surface area contributed by atoms with Crippen molar-refractivity contribution in [3.8, 4) is 0 Å². The second-order valence-corrected chi connectivity index (χ2v) is 6.10. The highest BCUT2D eigenvalue weighted by Crippen LogP contribution is 2.49. The van der Waals surface area contributed by atoms with Gasteiger partial charge in [0.15, 0.2) is 0 Å². The zero-order chi connectivity index (χ0) is 18.0. The summed E-state index contributed by atoms with van der Waals surface area (Å²) < 4.78 is 9.58. The molecule has 0 aromatic heterocycles. The van der Waals surface area contributed by atoms with Gasteiger partial charge < -0.3 is 14.8 Å². The molecule has 1 N–H and O–H groups in total. The van der Waals surface area contributed by atoms with Crippen LogP contribution in [0.2, 0.25) is 0 Å². The molecule has 0 radical (unpaired) electrons. The summed E-state index contributed by atoms with van der Waals surface area (Å²) in [5, 5.41) is 2.73. The number of benzene rings is 1. The van der Waals surface area contributed by atoms with Crippen LogP contribution in [0.4, 0.5) is 0 Å². The molecule has 1 aromatic rings. The molecule has 6 nitrogen and oxygen atoms in total. The number of ether oxygens (including phenoxy) is 2. The van der Waals surface area contributed by atoms with Crippen LogP contribution < -0.4 is 5.32 Å². The minimum Gasteiger partial charge on any atom is -0.468 e. The van der Waals surface area contributed by atoms with E-state index in [1.54, 1.807) is 36.4 Å². The monoisotopic (exact) mass is 341 g/mol. The first-order valence-corrected chi connectivity index (χ1v) is 8.00. The van der Waals surface area contributed by atoms with E-state index in [4.69, 9.17) is 9.47 Å². The van der Waals surface area contributed by atoms with Crippen molar-refractivity contribution in [1.29, 1.82) is 0 Å². The quantitative estimate of drug-likeness (QED) is 0.829. The van der Waals surface area contributed by atoms with Crippen LogP contribution in [-0.2, 0) is 24.5 Å². The standard InChI is InChI=1S/C19H19NO5/c1-24-17(22)14-4-3-5-15(14)20-16(21)12-6-8-13(9-7-12)19(10-11-19)18(23)25-2/h3,5-9H,4,10-11H2,1-2H3,(H,20,21). The highest BCUT2D eigenvalue weighted by molar-refractivity contribution is 5.98. The van der Waals surface area contributed by atoms with Crippen molar-refractivity contribution in [2.24, 2.45) is 0 Å². The van der Waals surface area contributed by atoms with Gasteiger partial charge in [0.25, 0.3) is 5.91 Å². The Morgan fingerprint density at radius 2 is 1.72 bits per heavy atom. The number of carbonyl (C=O) groups is 3. The van der Waals surface area contributed by atoms with Crippen molar-refractivity contribution in [3.05, 3.63) is 58.8 Å². The molecule has 0 bridgehead atoms. The summed E-state index contributed by atoms with van der Waals surface area (Å²) in [5.41, 5.74) is 1.62. The first-order chi connectivity index (χ1) is 12.0. The van der Waals surface area contributed by atoms with Crippen molar-refractivity contribution < 1.29 is 23.9 Å². The van der Waals surface area contributed by atoms with Crippen molar-refractivity contribution in [2.45, 2.75) is 24.7 Å². The summed E-state index contributed by atoms with van der Waals surface area (Å²) >= 11 is 0. The highest BCUT2D eigenvalue weighted by atomic mass is 16.5. The van der Waals surface area contributed by atoms with Crippen LogP contribution in [0.25, 0.3) is 0 Å². The Hall–Kier alpha value is -2.89. The SMILES string of the molecule is COC(=O)C1=C(NC(=O)c2ccc(C3(C(=O)OC)CC3)cc2)C=CC1. The van der Waals surface area contributed by atoms with E-state index in [9.17, 15) is 14.4 Å². The molecule has 25 heavy (non-hydrogen) atoms. The molecule has 1 fully saturated rings. The van der Waals surface area contributed by atoms with Crippen LogP contribution in [0.5, 0.6) is 0 Å². The molecular formula is C19H19NO5. The van der Waals surface area contributed by atoms with Gasteiger partial charge in [-0.25, -0.2) is 4.79 Å². The van der Waals surface area contributed by atoms with Gasteiger partial charge in [-0.05, 0) is 43.0 Å². The first-order valence-electron chi connectivity index (χ1n) is 8.00. The van der Waals surface area contributed by atoms with Crippen LogP contribution in [0.1, 0.15) is 35.2 Å². The maximum absolute atomic E-state index is 12.4. The number of hydrogen-bond donors (Lipinski definition) is 1. The lowest BCUT2D eigenvalue weighted by atomic mass is 9.95. The lowest BCUT2D eigenvalue weighted by Crippen LogP contribution is -2.25. The molecule has 0 saturated heterocycles. The molecule has 0 aliphatic heterocycles. The van der Waals surface area contributed by atoms with E-state index >= 15 is 0 Å². The van der Waals surface area contributed by atoms with Crippen LogP contribution in [0.15, 0.2) is 47.7 Å². The fraction of sp³-hybridized carbons (Fsp3) is 0.316. The van der Waals surface area contributed by atoms with Crippen LogP contribution in [0, 0.1) is 0 Å². The third kappa shape index (κ3) is 3.07. The van der Waals surface area contributed by atoms with Gasteiger partial charge in [-0.2, -0.15) is 0 Å². The van der Waals surface area contributed by atoms with Gasteiger partial charge >= 0.3 is 11.9 Å². The van der Waals surface area contributed by atoms with Crippen molar-refractivity contribution >= 4 is 17.8 Å². The van der Waals surface area contributed by atoms with E-state index in [1.807, 2.05) is 0 Å². The van der Waals surface area contributed by atoms with Crippen LogP contribution in [0.3, 0.4) is 0 Å². The maximum Gasteiger partial charge on any atom is 0.336 e. The Kier molecular flexibility index (Phi) is 4.44. The Bertz CT molecular complexity index is 785. The minimum absolute atomic E-state index is 0.242. The van der Waals surface area contributed by atoms with E-state index in [2.05, 4.69) is 5.32 Å². The Balaban J connectivity index is 1.75. The zero-order valence-corrected chi connectivity index (χ0v) is 14.1. The molecule has 1 saturated carbocycles. The zero-order valence-electron chi connectivity index (χ0n) is 14.1. The van der Waals surface area contributed by atoms with Gasteiger partial charge in [0.2, 0.25) is 0 Å². The van der Waals surface area contributed by atoms with Crippen molar-refractivity contribution in [3.63, 3.8) is 0 Å². The van der Waals surface area contributed by atoms with E-state index in [0.717, 1.165) is 18.4 Å². The van der Waals surface area contributed by atoms with Crippen molar-refractivity contribution in [2.75, 3.05) is 14.2 Å². The molecule has 1 amide bonds. The van der Waals surface area contributed by atoms with Gasteiger partial charge in [0.1, 0.15) is 0 Å². The summed E-state index contributed by atoms with van der Waals surface area (Å²) in [4.78, 5) is 36.0. The first kappa shape index (κ1) is 17.0. The second kappa shape index (κ2) is 6.55. The van der Waals surface area contributed by atoms with Gasteiger partial charge in [-0.15, -0.1) is 0 Å². The summed E-state index contributed by atoms with van der Waals surface area (Å²) in [7, 11) is 2.69. The third-order valence-electron chi connectivity index (χ3n) is 4.64. The predicted octanol–water partition coefficient (Wildman–Crippen LogP) is 2.01. The highest BCUT2D eigenvalue weighted by Gasteiger charge is 2.52. The fourth-order valence-electron chi connectivity index (χ4n) is 3.00. The number of allylic oxidation sites excluding steroid dienone is 2. The molecule has 0 spiro atoms. The number of nitrogens with one attached hydrogen (secondary N) is 1. The summed E-state index contributed by atoms with van der Waals surface area (Å²) in [6, 6.07) is 6.90. The molecule has 3 rings (SSSR count). The molecule has 0 heterocycles. The van der Waals surface area contributed by atoms with Gasteiger partial charge in [0.05, 0.1) is 30.9 Å². The molecule has 2 aliphatic rings. The largest absolute Gasteiger partial charge is 0.468 e. The third-order valence-corrected chi connectivity index (χ3v) is 4.64. The molecule has 130 valence electrons. The molecule has 0 atom stereocenters. The Morgan fingerprint density at radius 3 is 2.28 bits per heavy atom. The molecule has 1 aromatic carbocycles. The summed E-state index contributed by atoms with van der Waals surface area (Å²) in [6.07, 6.45) is 5.42. The number of carbonyl (C=O) groups excluding carboxylic acids is 3. The maximum atomic E-state index is 12.4. The topological polar surface area (TPSA) is 81.7 Å². The van der Waals surface area contributed by atoms with E-state index in [0.29, 0.717) is 23.3 Å². The number of hydrogen-bond acceptors (Lipinski definition) is 5. The molecule has 2 aliphatic carbocycles. The number of esters is 2. The van der Waals surface area contributed by atoms with Crippen molar-refractivity contribution in [1.82, 2.24) is 5.32 Å². The normalized spacial score (nSPS) is 17.2. The number of methoxy groups -OCH3 is 2. The van der Waals surface area contributed by atoms with E-state index in [1.165, 1.54) is 14.2 Å². The Labute approximate surface area is 145 Å². The van der Waals surface area contributed by atoms with E-state index in [-0.39, 0.29) is 11.9 Å². The van der Waals surface area contributed by atoms with Gasteiger partial charge in [0, 0.05) is 5.56 Å². The second-order valence-electron chi connectivity index (χ2n) is 6.10. The van der Waals surface area contributed by atoms with E-state index < -0.39 is 11.4 Å². The lowest BCUT2D eigenvalue weighted by molar-refractivity contribution is -0.143. The molecular weight excluding hydrogens is 322 g/mol. The minimum atomic E-state index is -0.557.